The predicted molar refractivity (Wildman–Crippen MR) is 165 cm³/mol. The third-order valence-electron chi connectivity index (χ3n) is 10.3. The Morgan fingerprint density at radius 3 is 1.31 bits per heavy atom. The maximum absolute atomic E-state index is 11.4. The van der Waals surface area contributed by atoms with Crippen LogP contribution in [0.15, 0.2) is 0 Å². The van der Waals surface area contributed by atoms with Crippen LogP contribution in [0.4, 0.5) is 0 Å². The topological polar surface area (TPSA) is 407 Å². The van der Waals surface area contributed by atoms with Crippen molar-refractivity contribution in [3.8, 4) is 0 Å². The van der Waals surface area contributed by atoms with Crippen LogP contribution in [0.2, 0.25) is 0 Å². The predicted octanol–water partition coefficient (Wildman–Crippen LogP) is -10.9. The van der Waals surface area contributed by atoms with Crippen LogP contribution in [0, 0.1) is 0 Å². The summed E-state index contributed by atoms with van der Waals surface area (Å²) < 4.78 is 50.6. The van der Waals surface area contributed by atoms with E-state index in [2.05, 4.69) is 0 Å². The summed E-state index contributed by atoms with van der Waals surface area (Å²) in [5.41, 5.74) is 0. The van der Waals surface area contributed by atoms with Crippen molar-refractivity contribution in [2.45, 2.75) is 160 Å². The molecule has 5 aliphatic heterocycles. The Morgan fingerprint density at radius 1 is 0.327 bits per heavy atom. The summed E-state index contributed by atoms with van der Waals surface area (Å²) in [6.07, 6.45) is -46.4. The lowest BCUT2D eigenvalue weighted by atomic mass is 9.95. The van der Waals surface area contributed by atoms with Crippen molar-refractivity contribution < 1.29 is 124 Å². The third-order valence-corrected chi connectivity index (χ3v) is 10.3. The molecule has 0 bridgehead atoms. The molecule has 0 radical (unpaired) electrons. The Hall–Kier alpha value is -1.00. The fourth-order valence-corrected chi connectivity index (χ4v) is 6.94. The second-order valence-corrected chi connectivity index (χ2v) is 13.9. The molecule has 25 nitrogen and oxygen atoms in total. The van der Waals surface area contributed by atoms with Gasteiger partial charge >= 0.3 is 0 Å². The van der Waals surface area contributed by atoms with Crippen molar-refractivity contribution in [2.75, 3.05) is 26.4 Å². The zero-order valence-corrected chi connectivity index (χ0v) is 29.1. The SMILES string of the molecule is C[C@@H]1O[C@@H](O[C@H]2[C@H](O[C@H]3[C@@H](O)[C@@H](CO)O[C@@H](O[C@H]4[C@H](O)[C@@H](O)[C@H](O)O[C@@H]4CO)[C@@H]3O)O[C@H](CO)[C@H](O)[C@@H]2O[C@H]2O[C@H](CO)[C@H](O)[C@H](O)[C@H]2O)[C@@H](O)[C@H](O)[C@@H]1O. The Bertz CT molecular complexity index is 1190. The average Bonchev–Trinajstić information content (AvgIpc) is 3.17. The highest BCUT2D eigenvalue weighted by atomic mass is 16.8. The van der Waals surface area contributed by atoms with Gasteiger partial charge in [0, 0.05) is 0 Å². The van der Waals surface area contributed by atoms with Gasteiger partial charge in [0.05, 0.1) is 32.5 Å². The van der Waals surface area contributed by atoms with Gasteiger partial charge in [0.25, 0.3) is 0 Å². The number of hydrogen-bond donors (Lipinski definition) is 16. The van der Waals surface area contributed by atoms with Crippen molar-refractivity contribution in [2.24, 2.45) is 0 Å². The maximum atomic E-state index is 11.4. The van der Waals surface area contributed by atoms with Crippen LogP contribution in [0.25, 0.3) is 0 Å². The van der Waals surface area contributed by atoms with Gasteiger partial charge in [0.1, 0.15) is 116 Å². The van der Waals surface area contributed by atoms with Gasteiger partial charge < -0.3 is 124 Å². The van der Waals surface area contributed by atoms with E-state index in [1.165, 1.54) is 6.92 Å². The highest BCUT2D eigenvalue weighted by molar-refractivity contribution is 4.99. The molecule has 0 amide bonds. The molecule has 0 aromatic carbocycles. The van der Waals surface area contributed by atoms with E-state index < -0.39 is 180 Å². The molecule has 5 aliphatic rings. The average molecular weight is 813 g/mol. The first kappa shape index (κ1) is 45.1. The summed E-state index contributed by atoms with van der Waals surface area (Å²) in [4.78, 5) is 0. The number of aliphatic hydroxyl groups is 16. The summed E-state index contributed by atoms with van der Waals surface area (Å²) in [7, 11) is 0. The molecule has 0 saturated carbocycles. The summed E-state index contributed by atoms with van der Waals surface area (Å²) >= 11 is 0. The normalized spacial score (nSPS) is 53.9. The van der Waals surface area contributed by atoms with Crippen LogP contribution >= 0.6 is 0 Å². The van der Waals surface area contributed by atoms with Crippen molar-refractivity contribution in [1.82, 2.24) is 0 Å². The zero-order chi connectivity index (χ0) is 40.6. The van der Waals surface area contributed by atoms with Gasteiger partial charge in [-0.3, -0.25) is 0 Å². The molecule has 0 unspecified atom stereocenters. The fraction of sp³-hybridized carbons (Fsp3) is 1.00. The molecule has 16 N–H and O–H groups in total. The molecule has 322 valence electrons. The molecule has 25 heteroatoms. The van der Waals surface area contributed by atoms with Crippen LogP contribution in [-0.2, 0) is 42.6 Å². The molecule has 55 heavy (non-hydrogen) atoms. The number of hydrogen-bond acceptors (Lipinski definition) is 25. The van der Waals surface area contributed by atoms with Gasteiger partial charge in [-0.2, -0.15) is 0 Å². The minimum Gasteiger partial charge on any atom is -0.394 e. The third kappa shape index (κ3) is 9.11. The van der Waals surface area contributed by atoms with Gasteiger partial charge in [-0.05, 0) is 6.92 Å². The lowest BCUT2D eigenvalue weighted by Crippen LogP contribution is -2.69. The molecule has 0 spiro atoms. The molecule has 5 fully saturated rings. The van der Waals surface area contributed by atoms with E-state index >= 15 is 0 Å². The molecule has 0 aromatic heterocycles. The first-order valence-corrected chi connectivity index (χ1v) is 17.5. The fourth-order valence-electron chi connectivity index (χ4n) is 6.94. The molecule has 0 aromatic rings. The van der Waals surface area contributed by atoms with Crippen LogP contribution < -0.4 is 0 Å². The van der Waals surface area contributed by atoms with E-state index in [0.29, 0.717) is 0 Å². The first-order chi connectivity index (χ1) is 26.0. The summed E-state index contributed by atoms with van der Waals surface area (Å²) in [6.45, 7) is -2.42. The molecule has 5 heterocycles. The van der Waals surface area contributed by atoms with Gasteiger partial charge in [0.15, 0.2) is 31.5 Å². The van der Waals surface area contributed by atoms with Gasteiger partial charge in [-0.15, -0.1) is 0 Å². The van der Waals surface area contributed by atoms with E-state index in [4.69, 9.17) is 42.6 Å². The van der Waals surface area contributed by atoms with E-state index in [-0.39, 0.29) is 0 Å². The van der Waals surface area contributed by atoms with Crippen molar-refractivity contribution in [3.05, 3.63) is 0 Å². The van der Waals surface area contributed by atoms with Crippen LogP contribution in [0.1, 0.15) is 6.92 Å². The van der Waals surface area contributed by atoms with E-state index in [0.717, 1.165) is 0 Å². The second-order valence-electron chi connectivity index (χ2n) is 13.9. The van der Waals surface area contributed by atoms with Crippen molar-refractivity contribution in [3.63, 3.8) is 0 Å². The van der Waals surface area contributed by atoms with Gasteiger partial charge in [-0.1, -0.05) is 0 Å². The number of ether oxygens (including phenoxy) is 9. The molecular formula is C30H52O25. The van der Waals surface area contributed by atoms with Crippen molar-refractivity contribution in [1.29, 1.82) is 0 Å². The van der Waals surface area contributed by atoms with Gasteiger partial charge in [0.2, 0.25) is 0 Å². The van der Waals surface area contributed by atoms with Crippen LogP contribution in [-0.4, -0.2) is 262 Å². The molecular weight excluding hydrogens is 760 g/mol. The van der Waals surface area contributed by atoms with Crippen LogP contribution in [0.5, 0.6) is 0 Å². The first-order valence-electron chi connectivity index (χ1n) is 17.5. The highest BCUT2D eigenvalue weighted by Gasteiger charge is 2.57. The van der Waals surface area contributed by atoms with Crippen LogP contribution in [0.3, 0.4) is 0 Å². The lowest BCUT2D eigenvalue weighted by Gasteiger charge is -2.51. The molecule has 25 atom stereocenters. The largest absolute Gasteiger partial charge is 0.394 e. The van der Waals surface area contributed by atoms with E-state index in [1.807, 2.05) is 0 Å². The highest BCUT2D eigenvalue weighted by Crippen LogP contribution is 2.37. The smallest absolute Gasteiger partial charge is 0.187 e. The summed E-state index contributed by atoms with van der Waals surface area (Å²) in [5, 5.41) is 167. The van der Waals surface area contributed by atoms with E-state index in [1.54, 1.807) is 0 Å². The Kier molecular flexibility index (Phi) is 15.5. The quantitative estimate of drug-likeness (QED) is 0.0870. The summed E-state index contributed by atoms with van der Waals surface area (Å²) in [6, 6.07) is 0. The molecule has 5 rings (SSSR count). The molecule has 5 saturated heterocycles. The standard InChI is InChI=1S/C30H52O25/c1-6-11(35)15(39)19(43)27(47-6)55-25-24(54-28-20(44)16(40)12(36)7(2-31)49-28)14(38)9(4-33)51-30(25)53-23-13(37)8(3-32)50-29(21(23)45)52-22-10(5-34)48-26(46)18(42)17(22)41/h6-46H,2-5H2,1H3/t6-,7+,8+,9+,10+,11+,12-,13-,14-,15+,16-,17+,18+,19-,20+,21+,22+,23-,24-,25+,26+,27-,28+,29-,30-/m0/s1. The Labute approximate surface area is 311 Å². The summed E-state index contributed by atoms with van der Waals surface area (Å²) in [5.74, 6) is 0. The Morgan fingerprint density at radius 2 is 0.745 bits per heavy atom. The second kappa shape index (κ2) is 18.9. The minimum absolute atomic E-state index is 0.880. The lowest BCUT2D eigenvalue weighted by molar-refractivity contribution is -0.408. The Balaban J connectivity index is 1.48. The molecule has 0 aliphatic carbocycles. The monoisotopic (exact) mass is 812 g/mol. The van der Waals surface area contributed by atoms with Crippen molar-refractivity contribution >= 4 is 0 Å². The van der Waals surface area contributed by atoms with Gasteiger partial charge in [-0.25, -0.2) is 0 Å². The minimum atomic E-state index is -2.14. The van der Waals surface area contributed by atoms with E-state index in [9.17, 15) is 81.7 Å². The maximum Gasteiger partial charge on any atom is 0.187 e. The number of aliphatic hydroxyl groups excluding tert-OH is 16. The zero-order valence-electron chi connectivity index (χ0n) is 29.1. The number of rotatable bonds is 12.